The van der Waals surface area contributed by atoms with Crippen LogP contribution in [0.4, 0.5) is 5.69 Å². The third-order valence-corrected chi connectivity index (χ3v) is 3.97. The molecule has 2 aromatic rings. The van der Waals surface area contributed by atoms with Gasteiger partial charge in [0.05, 0.1) is 13.2 Å². The van der Waals surface area contributed by atoms with Crippen molar-refractivity contribution in [2.24, 2.45) is 0 Å². The normalized spacial score (nSPS) is 10.2. The third-order valence-electron chi connectivity index (χ3n) is 3.60. The third kappa shape index (κ3) is 6.38. The van der Waals surface area contributed by atoms with E-state index >= 15 is 0 Å². The van der Waals surface area contributed by atoms with Crippen LogP contribution >= 0.6 is 11.6 Å². The molecule has 0 saturated carbocycles. The van der Waals surface area contributed by atoms with Gasteiger partial charge >= 0.3 is 0 Å². The van der Waals surface area contributed by atoms with Gasteiger partial charge in [-0.2, -0.15) is 0 Å². The summed E-state index contributed by atoms with van der Waals surface area (Å²) in [6.07, 6.45) is 0. The van der Waals surface area contributed by atoms with Crippen LogP contribution in [0.1, 0.15) is 15.9 Å². The van der Waals surface area contributed by atoms with Gasteiger partial charge in [0, 0.05) is 36.5 Å². The molecule has 0 aliphatic rings. The molecule has 0 radical (unpaired) electrons. The van der Waals surface area contributed by atoms with Gasteiger partial charge in [0.2, 0.25) is 5.91 Å². The van der Waals surface area contributed by atoms with E-state index in [9.17, 15) is 9.59 Å². The van der Waals surface area contributed by atoms with E-state index in [1.54, 1.807) is 37.4 Å². The summed E-state index contributed by atoms with van der Waals surface area (Å²) in [6, 6.07) is 14.3. The summed E-state index contributed by atoms with van der Waals surface area (Å²) in [5.41, 5.74) is 2.07. The lowest BCUT2D eigenvalue weighted by Crippen LogP contribution is -2.29. The van der Waals surface area contributed by atoms with E-state index in [1.807, 2.05) is 18.2 Å². The lowest BCUT2D eigenvalue weighted by molar-refractivity contribution is -0.119. The molecule has 0 aromatic heterocycles. The first-order valence-corrected chi connectivity index (χ1v) is 8.59. The monoisotopic (exact) mass is 375 g/mol. The number of rotatable bonds is 9. The predicted molar refractivity (Wildman–Crippen MR) is 102 cm³/mol. The predicted octanol–water partition coefficient (Wildman–Crippen LogP) is 2.44. The van der Waals surface area contributed by atoms with E-state index in [-0.39, 0.29) is 18.4 Å². The minimum atomic E-state index is -0.186. The molecule has 0 atom stereocenters. The van der Waals surface area contributed by atoms with Crippen LogP contribution in [0.15, 0.2) is 48.5 Å². The molecule has 0 aliphatic carbocycles. The van der Waals surface area contributed by atoms with Gasteiger partial charge in [0.15, 0.2) is 0 Å². The Bertz CT molecular complexity index is 752. The number of nitrogens with one attached hydrogen (secondary N) is 3. The SMILES string of the molecule is COCCNC(=O)c1cccc(NCC(=O)NCc2ccccc2Cl)c1. The molecule has 7 heteroatoms. The van der Waals surface area contributed by atoms with Crippen molar-refractivity contribution < 1.29 is 14.3 Å². The second-order valence-corrected chi connectivity index (χ2v) is 5.96. The molecule has 0 unspecified atom stereocenters. The Morgan fingerprint density at radius 3 is 2.65 bits per heavy atom. The van der Waals surface area contributed by atoms with Crippen LogP contribution in [0.3, 0.4) is 0 Å². The number of ether oxygens (including phenoxy) is 1. The number of benzene rings is 2. The van der Waals surface area contributed by atoms with E-state index in [0.717, 1.165) is 5.56 Å². The zero-order valence-corrected chi connectivity index (χ0v) is 15.3. The lowest BCUT2D eigenvalue weighted by Gasteiger charge is -2.10. The maximum Gasteiger partial charge on any atom is 0.251 e. The summed E-state index contributed by atoms with van der Waals surface area (Å²) in [7, 11) is 1.58. The smallest absolute Gasteiger partial charge is 0.251 e. The van der Waals surface area contributed by atoms with Gasteiger partial charge in [-0.05, 0) is 29.8 Å². The van der Waals surface area contributed by atoms with Crippen LogP contribution < -0.4 is 16.0 Å². The molecule has 0 fully saturated rings. The van der Waals surface area contributed by atoms with E-state index in [1.165, 1.54) is 0 Å². The fourth-order valence-electron chi connectivity index (χ4n) is 2.22. The topological polar surface area (TPSA) is 79.5 Å². The van der Waals surface area contributed by atoms with E-state index in [0.29, 0.717) is 36.0 Å². The van der Waals surface area contributed by atoms with Gasteiger partial charge in [-0.15, -0.1) is 0 Å². The van der Waals surface area contributed by atoms with Crippen molar-refractivity contribution >= 4 is 29.1 Å². The Kier molecular flexibility index (Phi) is 7.92. The number of carbonyl (C=O) groups excluding carboxylic acids is 2. The average Bonchev–Trinajstić information content (AvgIpc) is 2.66. The molecule has 0 saturated heterocycles. The number of hydrogen-bond acceptors (Lipinski definition) is 4. The molecule has 6 nitrogen and oxygen atoms in total. The molecule has 0 heterocycles. The molecule has 2 amide bonds. The second kappa shape index (κ2) is 10.4. The van der Waals surface area contributed by atoms with Crippen molar-refractivity contribution in [3.05, 3.63) is 64.7 Å². The summed E-state index contributed by atoms with van der Waals surface area (Å²) in [6.45, 7) is 1.36. The highest BCUT2D eigenvalue weighted by atomic mass is 35.5. The van der Waals surface area contributed by atoms with Crippen LogP contribution in [0.2, 0.25) is 5.02 Å². The quantitative estimate of drug-likeness (QED) is 0.588. The van der Waals surface area contributed by atoms with Crippen LogP contribution in [0.5, 0.6) is 0 Å². The number of carbonyl (C=O) groups is 2. The maximum atomic E-state index is 12.0. The molecule has 0 bridgehead atoms. The second-order valence-electron chi connectivity index (χ2n) is 5.55. The zero-order chi connectivity index (χ0) is 18.8. The zero-order valence-electron chi connectivity index (χ0n) is 14.5. The summed E-state index contributed by atoms with van der Waals surface area (Å²) < 4.78 is 4.90. The Balaban J connectivity index is 1.81. The fourth-order valence-corrected chi connectivity index (χ4v) is 2.42. The first-order valence-electron chi connectivity index (χ1n) is 8.21. The highest BCUT2D eigenvalue weighted by molar-refractivity contribution is 6.31. The average molecular weight is 376 g/mol. The molecule has 0 spiro atoms. The number of hydrogen-bond donors (Lipinski definition) is 3. The number of methoxy groups -OCH3 is 1. The minimum Gasteiger partial charge on any atom is -0.383 e. The van der Waals surface area contributed by atoms with Crippen molar-refractivity contribution in [3.63, 3.8) is 0 Å². The largest absolute Gasteiger partial charge is 0.383 e. The minimum absolute atomic E-state index is 0.0964. The maximum absolute atomic E-state index is 12.0. The molecular weight excluding hydrogens is 354 g/mol. The number of anilines is 1. The van der Waals surface area contributed by atoms with Crippen LogP contribution in [0.25, 0.3) is 0 Å². The van der Waals surface area contributed by atoms with Gasteiger partial charge in [-0.25, -0.2) is 0 Å². The molecular formula is C19H22ClN3O3. The first-order chi connectivity index (χ1) is 12.6. The highest BCUT2D eigenvalue weighted by Gasteiger charge is 2.07. The van der Waals surface area contributed by atoms with Crippen molar-refractivity contribution in [2.75, 3.05) is 32.1 Å². The summed E-state index contributed by atoms with van der Waals surface area (Å²) in [5, 5.41) is 9.18. The lowest BCUT2D eigenvalue weighted by atomic mass is 10.2. The van der Waals surface area contributed by atoms with Crippen molar-refractivity contribution in [1.29, 1.82) is 0 Å². The van der Waals surface area contributed by atoms with E-state index in [2.05, 4.69) is 16.0 Å². The summed E-state index contributed by atoms with van der Waals surface area (Å²) >= 11 is 6.06. The van der Waals surface area contributed by atoms with E-state index in [4.69, 9.17) is 16.3 Å². The number of amides is 2. The van der Waals surface area contributed by atoms with Crippen molar-refractivity contribution in [3.8, 4) is 0 Å². The fraction of sp³-hybridized carbons (Fsp3) is 0.263. The molecule has 3 N–H and O–H groups in total. The van der Waals surface area contributed by atoms with Gasteiger partial charge in [0.25, 0.3) is 5.91 Å². The van der Waals surface area contributed by atoms with Crippen molar-refractivity contribution in [2.45, 2.75) is 6.54 Å². The van der Waals surface area contributed by atoms with Gasteiger partial charge in [-0.3, -0.25) is 9.59 Å². The summed E-state index contributed by atoms with van der Waals surface area (Å²) in [4.78, 5) is 24.0. The van der Waals surface area contributed by atoms with Crippen LogP contribution in [0, 0.1) is 0 Å². The molecule has 2 rings (SSSR count). The summed E-state index contributed by atoms with van der Waals surface area (Å²) in [5.74, 6) is -0.353. The van der Waals surface area contributed by atoms with Gasteiger partial charge in [-0.1, -0.05) is 35.9 Å². The van der Waals surface area contributed by atoms with Crippen LogP contribution in [-0.2, 0) is 16.1 Å². The molecule has 138 valence electrons. The van der Waals surface area contributed by atoms with Gasteiger partial charge < -0.3 is 20.7 Å². The molecule has 2 aromatic carbocycles. The highest BCUT2D eigenvalue weighted by Crippen LogP contribution is 2.14. The Morgan fingerprint density at radius 2 is 1.88 bits per heavy atom. The number of halogens is 1. The van der Waals surface area contributed by atoms with Crippen LogP contribution in [-0.4, -0.2) is 38.6 Å². The van der Waals surface area contributed by atoms with Crippen molar-refractivity contribution in [1.82, 2.24) is 10.6 Å². The standard InChI is InChI=1S/C19H22ClN3O3/c1-26-10-9-21-19(25)14-6-4-7-16(11-14)22-13-18(24)23-12-15-5-2-3-8-17(15)20/h2-8,11,22H,9-10,12-13H2,1H3,(H,21,25)(H,23,24). The Labute approximate surface area is 157 Å². The Morgan fingerprint density at radius 1 is 1.08 bits per heavy atom. The van der Waals surface area contributed by atoms with Gasteiger partial charge in [0.1, 0.15) is 0 Å². The molecule has 26 heavy (non-hydrogen) atoms. The van der Waals surface area contributed by atoms with E-state index < -0.39 is 0 Å². The molecule has 0 aliphatic heterocycles. The first kappa shape index (κ1) is 19.8. The Hall–Kier alpha value is -2.57.